The van der Waals surface area contributed by atoms with Crippen LogP contribution in [0.1, 0.15) is 15.9 Å². The molecule has 1 amide bonds. The number of halogens is 2. The van der Waals surface area contributed by atoms with Crippen LogP contribution in [0.15, 0.2) is 88.7 Å². The summed E-state index contributed by atoms with van der Waals surface area (Å²) in [6.07, 6.45) is 0. The number of carbonyl (C=O) groups is 1. The second-order valence-electron chi connectivity index (χ2n) is 6.18. The van der Waals surface area contributed by atoms with E-state index in [4.69, 9.17) is 11.6 Å². The highest BCUT2D eigenvalue weighted by Gasteiger charge is 2.17. The Morgan fingerprint density at radius 1 is 0.933 bits per heavy atom. The van der Waals surface area contributed by atoms with Crippen molar-refractivity contribution in [1.29, 1.82) is 0 Å². The van der Waals surface area contributed by atoms with Gasteiger partial charge >= 0.3 is 0 Å². The van der Waals surface area contributed by atoms with Crippen LogP contribution in [0.3, 0.4) is 0 Å². The van der Waals surface area contributed by atoms with Crippen LogP contribution in [-0.4, -0.2) is 14.3 Å². The van der Waals surface area contributed by atoms with Gasteiger partial charge in [-0.2, -0.15) is 0 Å². The molecule has 0 spiro atoms. The summed E-state index contributed by atoms with van der Waals surface area (Å²) in [6.45, 7) is 3.89. The van der Waals surface area contributed by atoms with Crippen molar-refractivity contribution in [2.45, 2.75) is 4.90 Å². The van der Waals surface area contributed by atoms with Gasteiger partial charge in [0.05, 0.1) is 10.6 Å². The van der Waals surface area contributed by atoms with Crippen molar-refractivity contribution in [3.8, 4) is 0 Å². The number of hydrogen-bond acceptors (Lipinski definition) is 4. The lowest BCUT2D eigenvalue weighted by atomic mass is 10.2. The molecule has 0 bridgehead atoms. The predicted octanol–water partition coefficient (Wildman–Crippen LogP) is 4.81. The summed E-state index contributed by atoms with van der Waals surface area (Å²) >= 11 is 9.24. The van der Waals surface area contributed by atoms with Crippen LogP contribution >= 0.6 is 27.5 Å². The van der Waals surface area contributed by atoms with Crippen LogP contribution in [0.2, 0.25) is 5.02 Å². The van der Waals surface area contributed by atoms with E-state index in [1.165, 1.54) is 24.3 Å². The van der Waals surface area contributed by atoms with E-state index < -0.39 is 15.9 Å². The van der Waals surface area contributed by atoms with E-state index >= 15 is 0 Å². The molecule has 9 heteroatoms. The van der Waals surface area contributed by atoms with Crippen molar-refractivity contribution in [3.05, 3.63) is 100.0 Å². The van der Waals surface area contributed by atoms with Crippen LogP contribution in [0.5, 0.6) is 0 Å². The summed E-state index contributed by atoms with van der Waals surface area (Å²) in [7, 11) is -3.88. The molecule has 0 fully saturated rings. The maximum atomic E-state index is 12.6. The van der Waals surface area contributed by atoms with E-state index in [1.54, 1.807) is 24.3 Å². The Morgan fingerprint density at radius 3 is 2.33 bits per heavy atom. The summed E-state index contributed by atoms with van der Waals surface area (Å²) in [5.41, 5.74) is 7.04. The van der Waals surface area contributed by atoms with Gasteiger partial charge in [0.15, 0.2) is 0 Å². The standard InChI is InChI=1S/C21H17BrClN3O3S/c1-14(19-7-2-3-8-20(19)22)24-25-21(27)15-5-4-6-18(13-15)30(28,29)26-17-11-9-16(23)10-12-17/h2-13,24,26H,1H2,(H,25,27). The van der Waals surface area contributed by atoms with Crippen LogP contribution in [-0.2, 0) is 10.0 Å². The zero-order valence-electron chi connectivity index (χ0n) is 15.5. The minimum atomic E-state index is -3.88. The van der Waals surface area contributed by atoms with Crippen molar-refractivity contribution in [2.24, 2.45) is 0 Å². The van der Waals surface area contributed by atoms with Gasteiger partial charge in [0.1, 0.15) is 0 Å². The Bertz CT molecular complexity index is 1200. The number of benzene rings is 3. The molecule has 0 aliphatic heterocycles. The second kappa shape index (κ2) is 9.34. The maximum absolute atomic E-state index is 12.6. The van der Waals surface area contributed by atoms with Gasteiger partial charge in [0.25, 0.3) is 15.9 Å². The lowest BCUT2D eigenvalue weighted by Crippen LogP contribution is -2.36. The van der Waals surface area contributed by atoms with E-state index in [-0.39, 0.29) is 10.5 Å². The largest absolute Gasteiger partial charge is 0.298 e. The molecule has 3 N–H and O–H groups in total. The van der Waals surface area contributed by atoms with E-state index in [2.05, 4.69) is 38.1 Å². The summed E-state index contributed by atoms with van der Waals surface area (Å²) in [4.78, 5) is 12.4. The zero-order valence-corrected chi connectivity index (χ0v) is 18.7. The molecule has 0 radical (unpaired) electrons. The fraction of sp³-hybridized carbons (Fsp3) is 0. The number of anilines is 1. The molecule has 3 aromatic carbocycles. The van der Waals surface area contributed by atoms with Gasteiger partial charge in [0.2, 0.25) is 0 Å². The summed E-state index contributed by atoms with van der Waals surface area (Å²) in [5, 5.41) is 0.494. The molecule has 0 aliphatic carbocycles. The molecule has 0 saturated heterocycles. The minimum absolute atomic E-state index is 0.0465. The Hall–Kier alpha value is -2.81. The van der Waals surface area contributed by atoms with E-state index in [1.807, 2.05) is 24.3 Å². The van der Waals surface area contributed by atoms with Gasteiger partial charge in [-0.05, 0) is 48.5 Å². The molecule has 0 aliphatic rings. The number of hydrazine groups is 1. The Kier molecular flexibility index (Phi) is 6.81. The number of sulfonamides is 1. The first kappa shape index (κ1) is 21.9. The molecule has 0 atom stereocenters. The Balaban J connectivity index is 1.71. The van der Waals surface area contributed by atoms with Crippen molar-refractivity contribution in [3.63, 3.8) is 0 Å². The molecule has 6 nitrogen and oxygen atoms in total. The minimum Gasteiger partial charge on any atom is -0.298 e. The lowest BCUT2D eigenvalue weighted by molar-refractivity contribution is 0.0942. The summed E-state index contributed by atoms with van der Waals surface area (Å²) < 4.78 is 28.5. The molecule has 0 unspecified atom stereocenters. The number of amides is 1. The predicted molar refractivity (Wildman–Crippen MR) is 122 cm³/mol. The quantitative estimate of drug-likeness (QED) is 0.401. The number of carbonyl (C=O) groups excluding carboxylic acids is 1. The normalized spacial score (nSPS) is 10.9. The third-order valence-electron chi connectivity index (χ3n) is 4.03. The highest BCUT2D eigenvalue weighted by atomic mass is 79.9. The Morgan fingerprint density at radius 2 is 1.63 bits per heavy atom. The molecule has 3 rings (SSSR count). The van der Waals surface area contributed by atoms with Crippen LogP contribution in [0.4, 0.5) is 5.69 Å². The molecule has 154 valence electrons. The van der Waals surface area contributed by atoms with Crippen LogP contribution in [0.25, 0.3) is 5.70 Å². The average Bonchev–Trinajstić information content (AvgIpc) is 2.73. The SMILES string of the molecule is C=C(NNC(=O)c1cccc(S(=O)(=O)Nc2ccc(Cl)cc2)c1)c1ccccc1Br. The van der Waals surface area contributed by atoms with Gasteiger partial charge in [-0.25, -0.2) is 8.42 Å². The van der Waals surface area contributed by atoms with Gasteiger partial charge < -0.3 is 0 Å². The van der Waals surface area contributed by atoms with E-state index in [0.717, 1.165) is 10.0 Å². The number of hydrogen-bond donors (Lipinski definition) is 3. The van der Waals surface area contributed by atoms with E-state index in [9.17, 15) is 13.2 Å². The van der Waals surface area contributed by atoms with Crippen molar-refractivity contribution in [1.82, 2.24) is 10.9 Å². The maximum Gasteiger partial charge on any atom is 0.269 e. The first-order valence-electron chi connectivity index (χ1n) is 8.65. The van der Waals surface area contributed by atoms with Gasteiger partial charge in [-0.3, -0.25) is 20.4 Å². The smallest absolute Gasteiger partial charge is 0.269 e. The first-order valence-corrected chi connectivity index (χ1v) is 11.3. The highest BCUT2D eigenvalue weighted by molar-refractivity contribution is 9.10. The van der Waals surface area contributed by atoms with Gasteiger partial charge in [0, 0.05) is 26.3 Å². The van der Waals surface area contributed by atoms with Crippen LogP contribution < -0.4 is 15.6 Å². The third kappa shape index (κ3) is 5.41. The third-order valence-corrected chi connectivity index (χ3v) is 6.35. The Labute approximate surface area is 188 Å². The van der Waals surface area contributed by atoms with Crippen LogP contribution in [0, 0.1) is 0 Å². The zero-order chi connectivity index (χ0) is 21.7. The van der Waals surface area contributed by atoms with E-state index in [0.29, 0.717) is 16.4 Å². The monoisotopic (exact) mass is 505 g/mol. The topological polar surface area (TPSA) is 87.3 Å². The van der Waals surface area contributed by atoms with Crippen molar-refractivity contribution in [2.75, 3.05) is 4.72 Å². The molecule has 0 heterocycles. The highest BCUT2D eigenvalue weighted by Crippen LogP contribution is 2.21. The molecule has 0 aromatic heterocycles. The molecule has 30 heavy (non-hydrogen) atoms. The molecular weight excluding hydrogens is 490 g/mol. The fourth-order valence-corrected chi connectivity index (χ4v) is 4.27. The van der Waals surface area contributed by atoms with Gasteiger partial charge in [-0.1, -0.05) is 58.4 Å². The number of nitrogens with one attached hydrogen (secondary N) is 3. The van der Waals surface area contributed by atoms with Crippen molar-refractivity contribution >= 4 is 54.8 Å². The molecule has 3 aromatic rings. The first-order chi connectivity index (χ1) is 14.3. The summed E-state index contributed by atoms with van der Waals surface area (Å²) in [6, 6.07) is 19.3. The average molecular weight is 507 g/mol. The van der Waals surface area contributed by atoms with Gasteiger partial charge in [-0.15, -0.1) is 0 Å². The van der Waals surface area contributed by atoms with Crippen molar-refractivity contribution < 1.29 is 13.2 Å². The fourth-order valence-electron chi connectivity index (χ4n) is 2.51. The summed E-state index contributed by atoms with van der Waals surface area (Å²) in [5.74, 6) is -0.508. The molecular formula is C21H17BrClN3O3S. The second-order valence-corrected chi connectivity index (χ2v) is 9.15. The molecule has 0 saturated carbocycles. The number of rotatable bonds is 7. The lowest BCUT2D eigenvalue weighted by Gasteiger charge is -2.13.